The molecule has 0 radical (unpaired) electrons. The Kier molecular flexibility index (Phi) is 5.32. The molecule has 2 aromatic carbocycles. The molecule has 0 bridgehead atoms. The third kappa shape index (κ3) is 4.09. The van der Waals surface area contributed by atoms with Crippen LogP contribution in [0.5, 0.6) is 0 Å². The summed E-state index contributed by atoms with van der Waals surface area (Å²) in [6.45, 7) is 6.19. The van der Waals surface area contributed by atoms with E-state index >= 15 is 0 Å². The molecular weight excluding hydrogens is 324 g/mol. The Bertz CT molecular complexity index is 900. The lowest BCUT2D eigenvalue weighted by atomic mass is 10.1. The normalized spacial score (nSPS) is 10.4. The van der Waals surface area contributed by atoms with E-state index in [0.29, 0.717) is 18.0 Å². The van der Waals surface area contributed by atoms with Gasteiger partial charge < -0.3 is 10.1 Å². The van der Waals surface area contributed by atoms with Gasteiger partial charge in [0.2, 0.25) is 0 Å². The Morgan fingerprint density at radius 1 is 0.923 bits per heavy atom. The smallest absolute Gasteiger partial charge is 0.341 e. The van der Waals surface area contributed by atoms with Crippen LogP contribution < -0.4 is 5.32 Å². The van der Waals surface area contributed by atoms with E-state index in [1.807, 2.05) is 68.4 Å². The van der Waals surface area contributed by atoms with Gasteiger partial charge in [0, 0.05) is 11.3 Å². The molecule has 0 aliphatic carbocycles. The molecule has 0 spiro atoms. The lowest BCUT2D eigenvalue weighted by molar-refractivity contribution is 0.0527. The fourth-order valence-corrected chi connectivity index (χ4v) is 2.59. The molecular formula is C22H22N2O2. The summed E-state index contributed by atoms with van der Waals surface area (Å²) in [5, 5.41) is 3.25. The molecule has 4 heteroatoms. The Balaban J connectivity index is 2.01. The van der Waals surface area contributed by atoms with Crippen molar-refractivity contribution in [3.63, 3.8) is 0 Å². The number of rotatable bonds is 5. The van der Waals surface area contributed by atoms with Crippen molar-refractivity contribution in [2.45, 2.75) is 20.8 Å². The minimum absolute atomic E-state index is 0.322. The van der Waals surface area contributed by atoms with Gasteiger partial charge in [0.1, 0.15) is 11.4 Å². The molecule has 0 fully saturated rings. The molecule has 132 valence electrons. The van der Waals surface area contributed by atoms with Crippen LogP contribution in [0.4, 0.5) is 11.5 Å². The van der Waals surface area contributed by atoms with E-state index in [-0.39, 0.29) is 5.97 Å². The topological polar surface area (TPSA) is 51.2 Å². The molecule has 0 amide bonds. The number of carbonyl (C=O) groups excluding carboxylic acids is 1. The van der Waals surface area contributed by atoms with Crippen LogP contribution in [-0.4, -0.2) is 17.6 Å². The molecule has 1 heterocycles. The van der Waals surface area contributed by atoms with Crippen LogP contribution in [0.1, 0.15) is 28.4 Å². The number of ether oxygens (including phenoxy) is 1. The third-order valence-electron chi connectivity index (χ3n) is 4.05. The lowest BCUT2D eigenvalue weighted by Gasteiger charge is -2.13. The van der Waals surface area contributed by atoms with Crippen LogP contribution in [0.15, 0.2) is 60.7 Å². The number of hydrogen-bond acceptors (Lipinski definition) is 4. The van der Waals surface area contributed by atoms with Crippen LogP contribution >= 0.6 is 0 Å². The van der Waals surface area contributed by atoms with Gasteiger partial charge in [-0.1, -0.05) is 47.5 Å². The highest BCUT2D eigenvalue weighted by atomic mass is 16.5. The minimum atomic E-state index is -0.384. The van der Waals surface area contributed by atoms with Crippen molar-refractivity contribution in [3.05, 3.63) is 77.4 Å². The van der Waals surface area contributed by atoms with Gasteiger partial charge in [0.05, 0.1) is 12.3 Å². The molecule has 0 atom stereocenters. The highest BCUT2D eigenvalue weighted by molar-refractivity contribution is 5.96. The Hall–Kier alpha value is -3.14. The van der Waals surface area contributed by atoms with E-state index in [0.717, 1.165) is 16.9 Å². The number of nitrogens with one attached hydrogen (secondary N) is 1. The highest BCUT2D eigenvalue weighted by Crippen LogP contribution is 2.25. The molecule has 3 aromatic rings. The van der Waals surface area contributed by atoms with Gasteiger partial charge in [-0.2, -0.15) is 0 Å². The second-order valence-corrected chi connectivity index (χ2v) is 6.17. The maximum absolute atomic E-state index is 12.3. The first-order valence-electron chi connectivity index (χ1n) is 8.65. The zero-order chi connectivity index (χ0) is 18.5. The fraction of sp³-hybridized carbons (Fsp3) is 0.182. The van der Waals surface area contributed by atoms with Gasteiger partial charge in [-0.05, 0) is 45.0 Å². The molecule has 1 N–H and O–H groups in total. The molecule has 1 aromatic heterocycles. The Labute approximate surface area is 153 Å². The standard InChI is InChI=1S/C22H22N2O2/c1-4-26-22(25)19-13-14-20(17-9-5-15(2)6-10-17)24-21(19)23-18-11-7-16(3)8-12-18/h5-14H,4H2,1-3H3,(H,23,24). The number of benzene rings is 2. The molecule has 3 rings (SSSR count). The van der Waals surface area contributed by atoms with Gasteiger partial charge in [-0.15, -0.1) is 0 Å². The number of aromatic nitrogens is 1. The lowest BCUT2D eigenvalue weighted by Crippen LogP contribution is -2.09. The molecule has 0 aliphatic rings. The average molecular weight is 346 g/mol. The minimum Gasteiger partial charge on any atom is -0.462 e. The first-order valence-corrected chi connectivity index (χ1v) is 8.65. The summed E-state index contributed by atoms with van der Waals surface area (Å²) in [5.41, 5.74) is 5.45. The van der Waals surface area contributed by atoms with Crippen molar-refractivity contribution < 1.29 is 9.53 Å². The van der Waals surface area contributed by atoms with Crippen molar-refractivity contribution >= 4 is 17.5 Å². The van der Waals surface area contributed by atoms with Crippen LogP contribution in [0.25, 0.3) is 11.3 Å². The zero-order valence-corrected chi connectivity index (χ0v) is 15.2. The van der Waals surface area contributed by atoms with Gasteiger partial charge >= 0.3 is 5.97 Å². The second kappa shape index (κ2) is 7.83. The van der Waals surface area contributed by atoms with Gasteiger partial charge in [0.15, 0.2) is 0 Å². The predicted molar refractivity (Wildman–Crippen MR) is 105 cm³/mol. The van der Waals surface area contributed by atoms with E-state index in [1.54, 1.807) is 13.0 Å². The zero-order valence-electron chi connectivity index (χ0n) is 15.2. The van der Waals surface area contributed by atoms with Crippen molar-refractivity contribution in [2.24, 2.45) is 0 Å². The second-order valence-electron chi connectivity index (χ2n) is 6.17. The number of nitrogens with zero attached hydrogens (tertiary/aromatic N) is 1. The van der Waals surface area contributed by atoms with Crippen molar-refractivity contribution in [3.8, 4) is 11.3 Å². The van der Waals surface area contributed by atoms with Crippen LogP contribution in [0.2, 0.25) is 0 Å². The Morgan fingerprint density at radius 3 is 2.15 bits per heavy atom. The number of pyridine rings is 1. The van der Waals surface area contributed by atoms with Crippen molar-refractivity contribution in [1.29, 1.82) is 0 Å². The Morgan fingerprint density at radius 2 is 1.54 bits per heavy atom. The summed E-state index contributed by atoms with van der Waals surface area (Å²) in [6, 6.07) is 19.7. The summed E-state index contributed by atoms with van der Waals surface area (Å²) in [5.74, 6) is 0.107. The van der Waals surface area contributed by atoms with Crippen LogP contribution in [0, 0.1) is 13.8 Å². The third-order valence-corrected chi connectivity index (χ3v) is 4.05. The average Bonchev–Trinajstić information content (AvgIpc) is 2.64. The fourth-order valence-electron chi connectivity index (χ4n) is 2.59. The molecule has 0 saturated heterocycles. The molecule has 0 unspecified atom stereocenters. The summed E-state index contributed by atoms with van der Waals surface area (Å²) >= 11 is 0. The molecule has 26 heavy (non-hydrogen) atoms. The van der Waals surface area contributed by atoms with Crippen molar-refractivity contribution in [1.82, 2.24) is 4.98 Å². The number of carbonyl (C=O) groups is 1. The van der Waals surface area contributed by atoms with Gasteiger partial charge in [-0.3, -0.25) is 0 Å². The van der Waals surface area contributed by atoms with E-state index in [1.165, 1.54) is 11.1 Å². The summed E-state index contributed by atoms with van der Waals surface area (Å²) < 4.78 is 5.17. The summed E-state index contributed by atoms with van der Waals surface area (Å²) in [6.07, 6.45) is 0. The largest absolute Gasteiger partial charge is 0.462 e. The highest BCUT2D eigenvalue weighted by Gasteiger charge is 2.15. The number of anilines is 2. The van der Waals surface area contributed by atoms with Crippen LogP contribution in [0.3, 0.4) is 0 Å². The van der Waals surface area contributed by atoms with Gasteiger partial charge in [-0.25, -0.2) is 9.78 Å². The van der Waals surface area contributed by atoms with E-state index in [9.17, 15) is 4.79 Å². The maximum atomic E-state index is 12.3. The monoisotopic (exact) mass is 346 g/mol. The van der Waals surface area contributed by atoms with E-state index < -0.39 is 0 Å². The number of esters is 1. The maximum Gasteiger partial charge on any atom is 0.341 e. The van der Waals surface area contributed by atoms with Gasteiger partial charge in [0.25, 0.3) is 0 Å². The molecule has 0 aliphatic heterocycles. The quantitative estimate of drug-likeness (QED) is 0.638. The predicted octanol–water partition coefficient (Wildman–Crippen LogP) is 5.29. The molecule has 0 saturated carbocycles. The van der Waals surface area contributed by atoms with E-state index in [2.05, 4.69) is 10.3 Å². The van der Waals surface area contributed by atoms with Crippen molar-refractivity contribution in [2.75, 3.05) is 11.9 Å². The number of aryl methyl sites for hydroxylation is 2. The SMILES string of the molecule is CCOC(=O)c1ccc(-c2ccc(C)cc2)nc1Nc1ccc(C)cc1. The first kappa shape index (κ1) is 17.7. The summed E-state index contributed by atoms with van der Waals surface area (Å²) in [4.78, 5) is 17.0. The summed E-state index contributed by atoms with van der Waals surface area (Å²) in [7, 11) is 0. The first-order chi connectivity index (χ1) is 12.6. The molecule has 4 nitrogen and oxygen atoms in total. The number of hydrogen-bond donors (Lipinski definition) is 1. The van der Waals surface area contributed by atoms with E-state index in [4.69, 9.17) is 4.74 Å². The van der Waals surface area contributed by atoms with Crippen LogP contribution in [-0.2, 0) is 4.74 Å².